The molecule has 0 amide bonds. The highest BCUT2D eigenvalue weighted by atomic mass is 79.9. The number of hydrogen-bond acceptors (Lipinski definition) is 3. The van der Waals surface area contributed by atoms with Gasteiger partial charge in [-0.3, -0.25) is 0 Å². The molecule has 1 aliphatic heterocycles. The molecular weight excluding hydrogens is 377 g/mol. The zero-order chi connectivity index (χ0) is 14.0. The van der Waals surface area contributed by atoms with Crippen LogP contribution in [0.3, 0.4) is 0 Å². The van der Waals surface area contributed by atoms with E-state index in [1.807, 2.05) is 0 Å². The standard InChI is InChI=1S/C11H12BrCl2NO3S/c12-8-3-9(13)11(10(14)4-8)19(16,17)15-5-7-1-2-18-6-7/h3-4,7,15H,1-2,5-6H2. The summed E-state index contributed by atoms with van der Waals surface area (Å²) in [6.07, 6.45) is 0.852. The molecule has 1 N–H and O–H groups in total. The van der Waals surface area contributed by atoms with E-state index in [4.69, 9.17) is 27.9 Å². The van der Waals surface area contributed by atoms with Crippen molar-refractivity contribution in [2.45, 2.75) is 11.3 Å². The number of nitrogens with one attached hydrogen (secondary N) is 1. The minimum Gasteiger partial charge on any atom is -0.381 e. The number of hydrogen-bond donors (Lipinski definition) is 1. The SMILES string of the molecule is O=S(=O)(NCC1CCOC1)c1c(Cl)cc(Br)cc1Cl. The van der Waals surface area contributed by atoms with Gasteiger partial charge in [-0.15, -0.1) is 0 Å². The van der Waals surface area contributed by atoms with Gasteiger partial charge in [-0.1, -0.05) is 39.1 Å². The van der Waals surface area contributed by atoms with Crippen LogP contribution in [0.1, 0.15) is 6.42 Å². The van der Waals surface area contributed by atoms with E-state index in [-0.39, 0.29) is 20.9 Å². The molecule has 0 bridgehead atoms. The minimum atomic E-state index is -3.72. The summed E-state index contributed by atoms with van der Waals surface area (Å²) < 4.78 is 32.8. The number of benzene rings is 1. The zero-order valence-electron chi connectivity index (χ0n) is 9.83. The first-order chi connectivity index (χ1) is 8.90. The molecule has 1 fully saturated rings. The number of rotatable bonds is 4. The Balaban J connectivity index is 2.19. The van der Waals surface area contributed by atoms with Crippen molar-refractivity contribution in [3.05, 3.63) is 26.7 Å². The van der Waals surface area contributed by atoms with E-state index in [9.17, 15) is 8.42 Å². The van der Waals surface area contributed by atoms with Gasteiger partial charge >= 0.3 is 0 Å². The zero-order valence-corrected chi connectivity index (χ0v) is 13.7. The van der Waals surface area contributed by atoms with Crippen LogP contribution in [-0.2, 0) is 14.8 Å². The van der Waals surface area contributed by atoms with Crippen LogP contribution in [0, 0.1) is 5.92 Å². The quantitative estimate of drug-likeness (QED) is 0.862. The molecule has 1 aromatic carbocycles. The van der Waals surface area contributed by atoms with Crippen LogP contribution in [0.2, 0.25) is 10.0 Å². The maximum atomic E-state index is 12.2. The summed E-state index contributed by atoms with van der Waals surface area (Å²) in [5, 5.41) is 0.184. The molecule has 1 unspecified atom stereocenters. The highest BCUT2D eigenvalue weighted by Crippen LogP contribution is 2.32. The predicted octanol–water partition coefficient (Wildman–Crippen LogP) is 3.07. The van der Waals surface area contributed by atoms with Gasteiger partial charge < -0.3 is 4.74 Å². The van der Waals surface area contributed by atoms with Gasteiger partial charge in [0.25, 0.3) is 0 Å². The second-order valence-corrected chi connectivity index (χ2v) is 7.71. The molecule has 4 nitrogen and oxygen atoms in total. The molecule has 8 heteroatoms. The predicted molar refractivity (Wildman–Crippen MR) is 78.3 cm³/mol. The Morgan fingerprint density at radius 3 is 2.53 bits per heavy atom. The Labute approximate surface area is 130 Å². The van der Waals surface area contributed by atoms with Gasteiger partial charge in [-0.05, 0) is 24.5 Å². The van der Waals surface area contributed by atoms with Gasteiger partial charge in [0.15, 0.2) is 0 Å². The van der Waals surface area contributed by atoms with Crippen molar-refractivity contribution in [2.75, 3.05) is 19.8 Å². The highest BCUT2D eigenvalue weighted by Gasteiger charge is 2.24. The van der Waals surface area contributed by atoms with E-state index in [2.05, 4.69) is 20.7 Å². The maximum absolute atomic E-state index is 12.2. The fourth-order valence-electron chi connectivity index (χ4n) is 1.83. The number of sulfonamides is 1. The molecule has 0 aromatic heterocycles. The summed E-state index contributed by atoms with van der Waals surface area (Å²) in [6, 6.07) is 3.00. The maximum Gasteiger partial charge on any atom is 0.243 e. The molecule has 106 valence electrons. The summed E-state index contributed by atoms with van der Waals surface area (Å²) in [5.41, 5.74) is 0. The topological polar surface area (TPSA) is 55.4 Å². The van der Waals surface area contributed by atoms with E-state index in [0.717, 1.165) is 6.42 Å². The first kappa shape index (κ1) is 15.5. The van der Waals surface area contributed by atoms with Crippen LogP contribution in [0.25, 0.3) is 0 Å². The molecule has 1 heterocycles. The summed E-state index contributed by atoms with van der Waals surface area (Å²) in [5.74, 6) is 0.197. The van der Waals surface area contributed by atoms with Crippen LogP contribution in [-0.4, -0.2) is 28.2 Å². The third kappa shape index (κ3) is 3.83. The van der Waals surface area contributed by atoms with Crippen LogP contribution in [0.15, 0.2) is 21.5 Å². The first-order valence-electron chi connectivity index (χ1n) is 5.62. The Hall–Kier alpha value is 0.150. The lowest BCUT2D eigenvalue weighted by atomic mass is 10.1. The van der Waals surface area contributed by atoms with Crippen molar-refractivity contribution < 1.29 is 13.2 Å². The molecule has 0 radical (unpaired) electrons. The van der Waals surface area contributed by atoms with Crippen molar-refractivity contribution in [2.24, 2.45) is 5.92 Å². The van der Waals surface area contributed by atoms with E-state index in [0.29, 0.717) is 24.2 Å². The smallest absolute Gasteiger partial charge is 0.243 e. The molecule has 1 saturated heterocycles. The Kier molecular flexibility index (Phi) is 5.14. The van der Waals surface area contributed by atoms with Crippen molar-refractivity contribution in [1.29, 1.82) is 0 Å². The Bertz CT molecular complexity index is 550. The Morgan fingerprint density at radius 2 is 2.00 bits per heavy atom. The lowest BCUT2D eigenvalue weighted by molar-refractivity contribution is 0.186. The molecule has 19 heavy (non-hydrogen) atoms. The normalized spacial score (nSPS) is 19.8. The number of halogens is 3. The van der Waals surface area contributed by atoms with Gasteiger partial charge in [0.05, 0.1) is 16.7 Å². The van der Waals surface area contributed by atoms with Crippen LogP contribution < -0.4 is 4.72 Å². The van der Waals surface area contributed by atoms with E-state index in [1.165, 1.54) is 12.1 Å². The molecule has 0 saturated carbocycles. The molecule has 1 aliphatic rings. The van der Waals surface area contributed by atoms with E-state index >= 15 is 0 Å². The fourth-order valence-corrected chi connectivity index (χ4v) is 4.88. The summed E-state index contributed by atoms with van der Waals surface area (Å²) in [4.78, 5) is -0.0852. The van der Waals surface area contributed by atoms with Gasteiger partial charge in [0.1, 0.15) is 4.90 Å². The largest absolute Gasteiger partial charge is 0.381 e. The van der Waals surface area contributed by atoms with Crippen LogP contribution in [0.4, 0.5) is 0 Å². The van der Waals surface area contributed by atoms with Crippen molar-refractivity contribution in [1.82, 2.24) is 4.72 Å². The van der Waals surface area contributed by atoms with E-state index < -0.39 is 10.0 Å². The molecule has 0 aliphatic carbocycles. The molecule has 1 atom stereocenters. The number of ether oxygens (including phenoxy) is 1. The van der Waals surface area contributed by atoms with Crippen molar-refractivity contribution >= 4 is 49.2 Å². The van der Waals surface area contributed by atoms with Crippen LogP contribution in [0.5, 0.6) is 0 Å². The monoisotopic (exact) mass is 387 g/mol. The summed E-state index contributed by atoms with van der Waals surface area (Å²) >= 11 is 15.1. The first-order valence-corrected chi connectivity index (χ1v) is 8.65. The molecular formula is C11H12BrCl2NO3S. The van der Waals surface area contributed by atoms with Crippen LogP contribution >= 0.6 is 39.1 Å². The molecule has 1 aromatic rings. The lowest BCUT2D eigenvalue weighted by Gasteiger charge is -2.12. The van der Waals surface area contributed by atoms with Gasteiger partial charge in [0.2, 0.25) is 10.0 Å². The third-order valence-electron chi connectivity index (χ3n) is 2.82. The average Bonchev–Trinajstić information content (AvgIpc) is 2.77. The molecule has 2 rings (SSSR count). The van der Waals surface area contributed by atoms with Crippen molar-refractivity contribution in [3.8, 4) is 0 Å². The minimum absolute atomic E-state index is 0.0852. The summed E-state index contributed by atoms with van der Waals surface area (Å²) in [7, 11) is -3.72. The lowest BCUT2D eigenvalue weighted by Crippen LogP contribution is -2.30. The Morgan fingerprint density at radius 1 is 1.37 bits per heavy atom. The van der Waals surface area contributed by atoms with Gasteiger partial charge in [-0.25, -0.2) is 13.1 Å². The summed E-state index contributed by atoms with van der Waals surface area (Å²) in [6.45, 7) is 1.57. The fraction of sp³-hybridized carbons (Fsp3) is 0.455. The van der Waals surface area contributed by atoms with Gasteiger partial charge in [0, 0.05) is 17.6 Å². The molecule has 0 spiro atoms. The highest BCUT2D eigenvalue weighted by molar-refractivity contribution is 9.10. The van der Waals surface area contributed by atoms with Crippen molar-refractivity contribution in [3.63, 3.8) is 0 Å². The van der Waals surface area contributed by atoms with Gasteiger partial charge in [-0.2, -0.15) is 0 Å². The second kappa shape index (κ2) is 6.28. The third-order valence-corrected chi connectivity index (χ3v) is 5.62. The second-order valence-electron chi connectivity index (χ2n) is 4.28. The average molecular weight is 389 g/mol. The van der Waals surface area contributed by atoms with E-state index in [1.54, 1.807) is 0 Å².